The molecule has 8 nitrogen and oxygen atoms in total. The van der Waals surface area contributed by atoms with Gasteiger partial charge in [0.15, 0.2) is 11.5 Å². The van der Waals surface area contributed by atoms with Crippen molar-refractivity contribution in [2.75, 3.05) is 0 Å². The number of aryl methyl sites for hydroxylation is 1. The van der Waals surface area contributed by atoms with Crippen LogP contribution in [0.15, 0.2) is 4.52 Å². The summed E-state index contributed by atoms with van der Waals surface area (Å²) < 4.78 is 6.64. The van der Waals surface area contributed by atoms with Crippen molar-refractivity contribution in [3.8, 4) is 0 Å². The summed E-state index contributed by atoms with van der Waals surface area (Å²) in [6.07, 6.45) is 3.08. The highest BCUT2D eigenvalue weighted by Crippen LogP contribution is 2.11. The fourth-order valence-electron chi connectivity index (χ4n) is 1.92. The molecule has 2 aromatic rings. The van der Waals surface area contributed by atoms with Gasteiger partial charge < -0.3 is 9.63 Å². The van der Waals surface area contributed by atoms with E-state index in [1.165, 1.54) is 4.68 Å². The normalized spacial score (nSPS) is 10.9. The van der Waals surface area contributed by atoms with Crippen LogP contribution in [0.5, 0.6) is 0 Å². The molecule has 2 aromatic heterocycles. The number of hydrogen-bond acceptors (Lipinski definition) is 6. The van der Waals surface area contributed by atoms with Crippen molar-refractivity contribution >= 4 is 5.97 Å². The van der Waals surface area contributed by atoms with E-state index in [4.69, 9.17) is 9.63 Å². The Morgan fingerprint density at radius 2 is 2.05 bits per heavy atom. The van der Waals surface area contributed by atoms with Crippen LogP contribution in [0.25, 0.3) is 0 Å². The first-order chi connectivity index (χ1) is 9.65. The molecule has 0 saturated carbocycles. The molecule has 0 unspecified atom stereocenters. The van der Waals surface area contributed by atoms with E-state index in [2.05, 4.69) is 20.5 Å². The first-order valence-electron chi connectivity index (χ1n) is 6.62. The van der Waals surface area contributed by atoms with Crippen molar-refractivity contribution in [3.05, 3.63) is 23.1 Å². The van der Waals surface area contributed by atoms with Gasteiger partial charge in [-0.05, 0) is 12.8 Å². The molecule has 0 aromatic carbocycles. The molecule has 8 heteroatoms. The van der Waals surface area contributed by atoms with E-state index < -0.39 is 5.97 Å². The predicted molar refractivity (Wildman–Crippen MR) is 68.4 cm³/mol. The molecule has 1 N–H and O–H groups in total. The predicted octanol–water partition coefficient (Wildman–Crippen LogP) is 1.31. The number of carbonyl (C=O) groups is 1. The van der Waals surface area contributed by atoms with Crippen molar-refractivity contribution in [2.24, 2.45) is 0 Å². The summed E-state index contributed by atoms with van der Waals surface area (Å²) in [6, 6.07) is 0. The van der Waals surface area contributed by atoms with E-state index in [0.29, 0.717) is 23.8 Å². The van der Waals surface area contributed by atoms with Crippen LogP contribution in [0.3, 0.4) is 0 Å². The second kappa shape index (κ2) is 6.27. The highest BCUT2D eigenvalue weighted by atomic mass is 16.5. The van der Waals surface area contributed by atoms with E-state index in [-0.39, 0.29) is 12.2 Å². The molecular weight excluding hydrogens is 262 g/mol. The Morgan fingerprint density at radius 1 is 1.30 bits per heavy atom. The summed E-state index contributed by atoms with van der Waals surface area (Å²) >= 11 is 0. The van der Waals surface area contributed by atoms with Gasteiger partial charge in [-0.3, -0.25) is 0 Å². The molecule has 0 aliphatic heterocycles. The van der Waals surface area contributed by atoms with Gasteiger partial charge in [0, 0.05) is 6.42 Å². The Morgan fingerprint density at radius 3 is 2.70 bits per heavy atom. The first-order valence-corrected chi connectivity index (χ1v) is 6.62. The Balaban J connectivity index is 2.21. The maximum absolute atomic E-state index is 11.1. The molecule has 2 heterocycles. The third-order valence-electron chi connectivity index (χ3n) is 2.80. The molecule has 0 atom stereocenters. The lowest BCUT2D eigenvalue weighted by Crippen LogP contribution is -2.09. The molecule has 0 bridgehead atoms. The Hall–Kier alpha value is -2.25. The zero-order chi connectivity index (χ0) is 14.5. The largest absolute Gasteiger partial charge is 0.476 e. The summed E-state index contributed by atoms with van der Waals surface area (Å²) in [5, 5.41) is 20.5. The highest BCUT2D eigenvalue weighted by Gasteiger charge is 2.19. The number of aromatic carboxylic acids is 1. The molecule has 0 radical (unpaired) electrons. The number of carboxylic acid groups (broad SMARTS) is 1. The van der Waals surface area contributed by atoms with Crippen LogP contribution in [0, 0.1) is 0 Å². The van der Waals surface area contributed by atoms with Crippen LogP contribution in [0.1, 0.15) is 54.6 Å². The fourth-order valence-corrected chi connectivity index (χ4v) is 1.92. The van der Waals surface area contributed by atoms with Gasteiger partial charge >= 0.3 is 5.97 Å². The minimum Gasteiger partial charge on any atom is -0.476 e. The van der Waals surface area contributed by atoms with Crippen molar-refractivity contribution in [3.63, 3.8) is 0 Å². The van der Waals surface area contributed by atoms with Crippen LogP contribution in [-0.2, 0) is 19.4 Å². The molecular formula is C12H17N5O3. The zero-order valence-electron chi connectivity index (χ0n) is 11.5. The van der Waals surface area contributed by atoms with Gasteiger partial charge in [0.05, 0.1) is 5.69 Å². The van der Waals surface area contributed by atoms with Crippen LogP contribution in [0.4, 0.5) is 0 Å². The minimum absolute atomic E-state index is 0.0138. The molecule has 0 aliphatic rings. The number of aromatic nitrogens is 5. The van der Waals surface area contributed by atoms with Crippen LogP contribution in [-0.4, -0.2) is 36.2 Å². The number of nitrogens with zero attached hydrogens (tertiary/aromatic N) is 5. The molecule has 108 valence electrons. The molecule has 2 rings (SSSR count). The lowest BCUT2D eigenvalue weighted by Gasteiger charge is -2.02. The second-order valence-corrected chi connectivity index (χ2v) is 4.45. The molecule has 20 heavy (non-hydrogen) atoms. The smallest absolute Gasteiger partial charge is 0.358 e. The summed E-state index contributed by atoms with van der Waals surface area (Å²) in [6.45, 7) is 4.24. The van der Waals surface area contributed by atoms with Gasteiger partial charge in [-0.1, -0.05) is 30.6 Å². The number of rotatable bonds is 7. The third kappa shape index (κ3) is 3.01. The van der Waals surface area contributed by atoms with Crippen molar-refractivity contribution < 1.29 is 14.4 Å². The average molecular weight is 279 g/mol. The monoisotopic (exact) mass is 279 g/mol. The van der Waals surface area contributed by atoms with E-state index in [0.717, 1.165) is 19.3 Å². The lowest BCUT2D eigenvalue weighted by atomic mass is 10.2. The maximum atomic E-state index is 11.1. The van der Waals surface area contributed by atoms with Crippen LogP contribution < -0.4 is 0 Å². The van der Waals surface area contributed by atoms with Crippen molar-refractivity contribution in [1.29, 1.82) is 0 Å². The Bertz CT molecular complexity index is 590. The summed E-state index contributed by atoms with van der Waals surface area (Å²) in [5.74, 6) is -0.0114. The second-order valence-electron chi connectivity index (χ2n) is 4.45. The Kier molecular flexibility index (Phi) is 4.44. The zero-order valence-corrected chi connectivity index (χ0v) is 11.5. The molecule has 0 spiro atoms. The lowest BCUT2D eigenvalue weighted by molar-refractivity contribution is 0.0689. The summed E-state index contributed by atoms with van der Waals surface area (Å²) in [5.41, 5.74) is 0.565. The van der Waals surface area contributed by atoms with Crippen molar-refractivity contribution in [2.45, 2.75) is 46.1 Å². The van der Waals surface area contributed by atoms with Crippen molar-refractivity contribution in [1.82, 2.24) is 25.1 Å². The SMILES string of the molecule is CCCc1noc(Cn2nnc(C(=O)O)c2CCC)n1. The standard InChI is InChI=1S/C12H17N5O3/c1-3-5-8-11(12(18)19)14-16-17(8)7-10-13-9(6-4-2)15-20-10/h3-7H2,1-2H3,(H,18,19). The van der Waals surface area contributed by atoms with E-state index in [1.807, 2.05) is 13.8 Å². The van der Waals surface area contributed by atoms with Crippen LogP contribution >= 0.6 is 0 Å². The minimum atomic E-state index is -1.07. The molecule has 0 saturated heterocycles. The molecule has 0 amide bonds. The van der Waals surface area contributed by atoms with Gasteiger partial charge in [-0.15, -0.1) is 5.10 Å². The number of carboxylic acids is 1. The van der Waals surface area contributed by atoms with Gasteiger partial charge in [0.25, 0.3) is 0 Å². The van der Waals surface area contributed by atoms with Gasteiger partial charge in [-0.25, -0.2) is 9.48 Å². The highest BCUT2D eigenvalue weighted by molar-refractivity contribution is 5.86. The third-order valence-corrected chi connectivity index (χ3v) is 2.80. The fraction of sp³-hybridized carbons (Fsp3) is 0.583. The van der Waals surface area contributed by atoms with E-state index >= 15 is 0 Å². The molecule has 0 fully saturated rings. The van der Waals surface area contributed by atoms with Crippen LogP contribution in [0.2, 0.25) is 0 Å². The molecule has 0 aliphatic carbocycles. The van der Waals surface area contributed by atoms with E-state index in [1.54, 1.807) is 0 Å². The average Bonchev–Trinajstić information content (AvgIpc) is 2.99. The summed E-state index contributed by atoms with van der Waals surface area (Å²) in [7, 11) is 0. The topological polar surface area (TPSA) is 107 Å². The maximum Gasteiger partial charge on any atom is 0.358 e. The van der Waals surface area contributed by atoms with E-state index in [9.17, 15) is 4.79 Å². The Labute approximate surface area is 115 Å². The number of hydrogen-bond donors (Lipinski definition) is 1. The van der Waals surface area contributed by atoms with Gasteiger partial charge in [0.2, 0.25) is 5.89 Å². The first kappa shape index (κ1) is 14.2. The summed E-state index contributed by atoms with van der Waals surface area (Å²) in [4.78, 5) is 15.3. The van der Waals surface area contributed by atoms with Gasteiger partial charge in [-0.2, -0.15) is 4.98 Å². The van der Waals surface area contributed by atoms with Gasteiger partial charge in [0.1, 0.15) is 6.54 Å². The quantitative estimate of drug-likeness (QED) is 0.814.